The number of hydrogen-bond acceptors (Lipinski definition) is 2. The van der Waals surface area contributed by atoms with Gasteiger partial charge in [-0.3, -0.25) is 4.90 Å². The van der Waals surface area contributed by atoms with Gasteiger partial charge in [-0.1, -0.05) is 68.3 Å². The molecule has 2 aromatic rings. The second-order valence-corrected chi connectivity index (χ2v) is 6.78. The number of benzene rings is 2. The van der Waals surface area contributed by atoms with E-state index >= 15 is 0 Å². The van der Waals surface area contributed by atoms with Crippen LogP contribution in [-0.2, 0) is 4.74 Å². The van der Waals surface area contributed by atoms with Gasteiger partial charge in [-0.25, -0.2) is 4.79 Å². The van der Waals surface area contributed by atoms with Gasteiger partial charge in [0, 0.05) is 12.5 Å². The lowest BCUT2D eigenvalue weighted by Crippen LogP contribution is -2.35. The number of terminal acetylenes is 1. The first kappa shape index (κ1) is 17.1. The third kappa shape index (κ3) is 3.53. The summed E-state index contributed by atoms with van der Waals surface area (Å²) in [6.45, 7) is 5.31. The van der Waals surface area contributed by atoms with Crippen LogP contribution < -0.4 is 0 Å². The standard InChI is InChI=1S/C22H23NO2/c1-4-13-23(14-16(2)3)22(24)25-15-21-19-11-7-5-9-17(19)18-10-6-8-12-20(18)21/h1,5-12,16,21H,13-15H2,2-3H3. The van der Waals surface area contributed by atoms with Crippen molar-refractivity contribution in [3.63, 3.8) is 0 Å². The van der Waals surface area contributed by atoms with Gasteiger partial charge < -0.3 is 4.74 Å². The summed E-state index contributed by atoms with van der Waals surface area (Å²) in [6.07, 6.45) is 5.05. The molecule has 128 valence electrons. The van der Waals surface area contributed by atoms with Gasteiger partial charge in [0.1, 0.15) is 6.61 Å². The molecule has 2 aromatic carbocycles. The fourth-order valence-corrected chi connectivity index (χ4v) is 3.44. The molecule has 0 unspecified atom stereocenters. The highest BCUT2D eigenvalue weighted by Crippen LogP contribution is 2.44. The Morgan fingerprint density at radius 3 is 2.20 bits per heavy atom. The van der Waals surface area contributed by atoms with Crippen molar-refractivity contribution < 1.29 is 9.53 Å². The molecule has 0 aromatic heterocycles. The van der Waals surface area contributed by atoms with Gasteiger partial charge >= 0.3 is 6.09 Å². The highest BCUT2D eigenvalue weighted by molar-refractivity contribution is 5.79. The van der Waals surface area contributed by atoms with E-state index in [9.17, 15) is 4.79 Å². The molecule has 0 aliphatic heterocycles. The van der Waals surface area contributed by atoms with Gasteiger partial charge in [-0.05, 0) is 28.2 Å². The molecule has 0 radical (unpaired) electrons. The molecule has 0 saturated carbocycles. The fraction of sp³-hybridized carbons (Fsp3) is 0.318. The van der Waals surface area contributed by atoms with E-state index < -0.39 is 0 Å². The minimum atomic E-state index is -0.339. The summed E-state index contributed by atoms with van der Waals surface area (Å²) in [7, 11) is 0. The number of fused-ring (bicyclic) bond motifs is 3. The summed E-state index contributed by atoms with van der Waals surface area (Å²) in [6, 6.07) is 16.6. The van der Waals surface area contributed by atoms with Gasteiger partial charge in [0.25, 0.3) is 0 Å². The zero-order valence-electron chi connectivity index (χ0n) is 14.7. The van der Waals surface area contributed by atoms with Gasteiger partial charge in [0.05, 0.1) is 6.54 Å². The van der Waals surface area contributed by atoms with E-state index in [0.29, 0.717) is 19.1 Å². The third-order valence-corrected chi connectivity index (χ3v) is 4.46. The molecule has 3 heteroatoms. The fourth-order valence-electron chi connectivity index (χ4n) is 3.44. The van der Waals surface area contributed by atoms with E-state index in [1.807, 2.05) is 24.3 Å². The van der Waals surface area contributed by atoms with Crippen LogP contribution >= 0.6 is 0 Å². The molecule has 1 amide bonds. The Morgan fingerprint density at radius 1 is 1.12 bits per heavy atom. The molecule has 1 aliphatic rings. The molecule has 0 N–H and O–H groups in total. The molecule has 3 nitrogen and oxygen atoms in total. The lowest BCUT2D eigenvalue weighted by atomic mass is 9.98. The number of nitrogens with zero attached hydrogens (tertiary/aromatic N) is 1. The van der Waals surface area contributed by atoms with E-state index in [0.717, 1.165) is 0 Å². The highest BCUT2D eigenvalue weighted by atomic mass is 16.6. The minimum absolute atomic E-state index is 0.0723. The van der Waals surface area contributed by atoms with E-state index in [4.69, 9.17) is 11.2 Å². The van der Waals surface area contributed by atoms with Crippen LogP contribution in [0.2, 0.25) is 0 Å². The summed E-state index contributed by atoms with van der Waals surface area (Å²) >= 11 is 0. The van der Waals surface area contributed by atoms with Crippen LogP contribution in [0.1, 0.15) is 30.9 Å². The van der Waals surface area contributed by atoms with Crippen LogP contribution in [0.3, 0.4) is 0 Å². The average molecular weight is 333 g/mol. The van der Waals surface area contributed by atoms with Crippen molar-refractivity contribution in [1.82, 2.24) is 4.90 Å². The first-order valence-corrected chi connectivity index (χ1v) is 8.65. The summed E-state index contributed by atoms with van der Waals surface area (Å²) in [4.78, 5) is 14.1. The minimum Gasteiger partial charge on any atom is -0.448 e. The van der Waals surface area contributed by atoms with Crippen molar-refractivity contribution >= 4 is 6.09 Å². The average Bonchev–Trinajstić information content (AvgIpc) is 2.93. The lowest BCUT2D eigenvalue weighted by Gasteiger charge is -2.23. The normalized spacial score (nSPS) is 12.4. The maximum absolute atomic E-state index is 12.5. The smallest absolute Gasteiger partial charge is 0.410 e. The zero-order chi connectivity index (χ0) is 17.8. The molecule has 0 spiro atoms. The molecule has 1 aliphatic carbocycles. The Bertz CT molecular complexity index is 758. The predicted octanol–water partition coefficient (Wildman–Crippen LogP) is 4.53. The monoisotopic (exact) mass is 333 g/mol. The molecular weight excluding hydrogens is 310 g/mol. The van der Waals surface area contributed by atoms with Crippen LogP contribution in [0.15, 0.2) is 48.5 Å². The van der Waals surface area contributed by atoms with E-state index in [2.05, 4.69) is 44.0 Å². The molecule has 25 heavy (non-hydrogen) atoms. The maximum atomic E-state index is 12.5. The van der Waals surface area contributed by atoms with Gasteiger partial charge in [-0.2, -0.15) is 0 Å². The van der Waals surface area contributed by atoms with E-state index in [1.54, 1.807) is 4.90 Å². The van der Waals surface area contributed by atoms with E-state index in [-0.39, 0.29) is 18.6 Å². The molecule has 0 bridgehead atoms. The number of rotatable bonds is 5. The van der Waals surface area contributed by atoms with Gasteiger partial charge in [0.15, 0.2) is 0 Å². The molecule has 0 fully saturated rings. The number of amides is 1. The number of ether oxygens (including phenoxy) is 1. The largest absolute Gasteiger partial charge is 0.448 e. The third-order valence-electron chi connectivity index (χ3n) is 4.46. The quantitative estimate of drug-likeness (QED) is 0.753. The van der Waals surface area contributed by atoms with Crippen LogP contribution in [0.5, 0.6) is 0 Å². The second kappa shape index (κ2) is 7.44. The van der Waals surface area contributed by atoms with Crippen LogP contribution in [0.25, 0.3) is 11.1 Å². The summed E-state index contributed by atoms with van der Waals surface area (Å²) in [5.41, 5.74) is 4.87. The van der Waals surface area contributed by atoms with Gasteiger partial charge in [-0.15, -0.1) is 6.42 Å². The molecular formula is C22H23NO2. The first-order chi connectivity index (χ1) is 12.1. The molecule has 0 heterocycles. The Balaban J connectivity index is 1.77. The number of carbonyl (C=O) groups is 1. The Hall–Kier alpha value is -2.73. The summed E-state index contributed by atoms with van der Waals surface area (Å²) in [5, 5.41) is 0. The van der Waals surface area contributed by atoms with E-state index in [1.165, 1.54) is 22.3 Å². The SMILES string of the molecule is C#CCN(CC(C)C)C(=O)OCC1c2ccccc2-c2ccccc21. The Labute approximate surface area is 149 Å². The van der Waals surface area contributed by atoms with Crippen molar-refractivity contribution in [2.45, 2.75) is 19.8 Å². The van der Waals surface area contributed by atoms with Crippen molar-refractivity contribution in [1.29, 1.82) is 0 Å². The van der Waals surface area contributed by atoms with Gasteiger partial charge in [0.2, 0.25) is 0 Å². The second-order valence-electron chi connectivity index (χ2n) is 6.78. The number of hydrogen-bond donors (Lipinski definition) is 0. The lowest BCUT2D eigenvalue weighted by molar-refractivity contribution is 0.100. The Kier molecular flexibility index (Phi) is 5.09. The topological polar surface area (TPSA) is 29.5 Å². The molecule has 0 saturated heterocycles. The van der Waals surface area contributed by atoms with Crippen molar-refractivity contribution in [3.8, 4) is 23.5 Å². The van der Waals surface area contributed by atoms with Crippen molar-refractivity contribution in [2.75, 3.05) is 19.7 Å². The van der Waals surface area contributed by atoms with Crippen LogP contribution in [-0.4, -0.2) is 30.7 Å². The van der Waals surface area contributed by atoms with Crippen molar-refractivity contribution in [3.05, 3.63) is 59.7 Å². The van der Waals surface area contributed by atoms with Crippen molar-refractivity contribution in [2.24, 2.45) is 5.92 Å². The summed E-state index contributed by atoms with van der Waals surface area (Å²) < 4.78 is 5.65. The summed E-state index contributed by atoms with van der Waals surface area (Å²) in [5.74, 6) is 2.95. The highest BCUT2D eigenvalue weighted by Gasteiger charge is 2.29. The maximum Gasteiger partial charge on any atom is 0.410 e. The molecule has 3 rings (SSSR count). The first-order valence-electron chi connectivity index (χ1n) is 8.65. The predicted molar refractivity (Wildman–Crippen MR) is 100 cm³/mol. The number of carbonyl (C=O) groups excluding carboxylic acids is 1. The van der Waals surface area contributed by atoms with Crippen LogP contribution in [0.4, 0.5) is 4.79 Å². The molecule has 0 atom stereocenters. The van der Waals surface area contributed by atoms with Crippen LogP contribution in [0, 0.1) is 18.3 Å². The zero-order valence-corrected chi connectivity index (χ0v) is 14.7. The Morgan fingerprint density at radius 2 is 1.68 bits per heavy atom.